The van der Waals surface area contributed by atoms with E-state index in [0.29, 0.717) is 16.1 Å². The van der Waals surface area contributed by atoms with Crippen LogP contribution in [0.1, 0.15) is 34.8 Å². The van der Waals surface area contributed by atoms with E-state index in [4.69, 9.17) is 11.6 Å². The molecule has 0 fully saturated rings. The summed E-state index contributed by atoms with van der Waals surface area (Å²) in [5.74, 6) is -0.101. The van der Waals surface area contributed by atoms with Gasteiger partial charge >= 0.3 is 0 Å². The van der Waals surface area contributed by atoms with Crippen LogP contribution in [0.3, 0.4) is 0 Å². The summed E-state index contributed by atoms with van der Waals surface area (Å²) in [5, 5.41) is 10.7. The monoisotopic (exact) mass is 274 g/mol. The van der Waals surface area contributed by atoms with Crippen molar-refractivity contribution >= 4 is 17.4 Å². The van der Waals surface area contributed by atoms with Gasteiger partial charge in [-0.2, -0.15) is 0 Å². The number of rotatable bonds is 4. The van der Waals surface area contributed by atoms with Gasteiger partial charge in [0.15, 0.2) is 5.78 Å². The van der Waals surface area contributed by atoms with Crippen molar-refractivity contribution in [2.24, 2.45) is 0 Å². The number of hydrogen-bond acceptors (Lipinski definition) is 2. The van der Waals surface area contributed by atoms with Crippen LogP contribution < -0.4 is 0 Å². The van der Waals surface area contributed by atoms with E-state index in [1.165, 1.54) is 0 Å². The molecule has 98 valence electrons. The summed E-state index contributed by atoms with van der Waals surface area (Å²) in [7, 11) is 0. The van der Waals surface area contributed by atoms with Crippen LogP contribution in [0.2, 0.25) is 5.02 Å². The van der Waals surface area contributed by atoms with Gasteiger partial charge in [0.1, 0.15) is 5.75 Å². The third-order valence-corrected chi connectivity index (χ3v) is 3.24. The maximum atomic E-state index is 12.3. The fourth-order valence-electron chi connectivity index (χ4n) is 2.00. The van der Waals surface area contributed by atoms with Crippen LogP contribution in [-0.4, -0.2) is 10.9 Å². The maximum absolute atomic E-state index is 12.3. The first-order valence-corrected chi connectivity index (χ1v) is 6.62. The smallest absolute Gasteiger partial charge is 0.196 e. The lowest BCUT2D eigenvalue weighted by atomic mass is 9.98. The lowest BCUT2D eigenvalue weighted by molar-refractivity contribution is 0.103. The molecule has 2 nitrogen and oxygen atoms in total. The Hall–Kier alpha value is -1.80. The Labute approximate surface area is 117 Å². The highest BCUT2D eigenvalue weighted by Crippen LogP contribution is 2.26. The molecule has 0 heterocycles. The normalized spacial score (nSPS) is 10.4. The topological polar surface area (TPSA) is 37.3 Å². The third-order valence-electron chi connectivity index (χ3n) is 2.99. The Morgan fingerprint density at radius 2 is 1.84 bits per heavy atom. The highest BCUT2D eigenvalue weighted by molar-refractivity contribution is 6.30. The molecule has 0 aliphatic heterocycles. The summed E-state index contributed by atoms with van der Waals surface area (Å²) in [4.78, 5) is 12.3. The Balaban J connectivity index is 2.38. The zero-order valence-corrected chi connectivity index (χ0v) is 11.4. The molecule has 0 bridgehead atoms. The number of carbonyl (C=O) groups is 1. The molecular weight excluding hydrogens is 260 g/mol. The first-order chi connectivity index (χ1) is 9.13. The fourth-order valence-corrected chi connectivity index (χ4v) is 2.13. The summed E-state index contributed by atoms with van der Waals surface area (Å²) in [6.07, 6.45) is 1.68. The molecule has 0 unspecified atom stereocenters. The van der Waals surface area contributed by atoms with Crippen molar-refractivity contribution in [3.8, 4) is 5.75 Å². The second-order valence-electron chi connectivity index (χ2n) is 4.40. The number of aromatic hydroxyl groups is 1. The first-order valence-electron chi connectivity index (χ1n) is 6.24. The van der Waals surface area contributed by atoms with Crippen molar-refractivity contribution < 1.29 is 9.90 Å². The van der Waals surface area contributed by atoms with Gasteiger partial charge < -0.3 is 5.11 Å². The Kier molecular flexibility index (Phi) is 4.23. The largest absolute Gasteiger partial charge is 0.507 e. The number of phenolic OH excluding ortho intramolecular Hbond substituents is 1. The van der Waals surface area contributed by atoms with Gasteiger partial charge in [-0.3, -0.25) is 4.79 Å². The highest BCUT2D eigenvalue weighted by atomic mass is 35.5. The van der Waals surface area contributed by atoms with E-state index in [1.807, 2.05) is 13.0 Å². The molecule has 0 spiro atoms. The molecule has 19 heavy (non-hydrogen) atoms. The molecule has 0 aliphatic rings. The fraction of sp³-hybridized carbons (Fsp3) is 0.188. The van der Waals surface area contributed by atoms with Crippen molar-refractivity contribution in [1.82, 2.24) is 0 Å². The second-order valence-corrected chi connectivity index (χ2v) is 4.84. The van der Waals surface area contributed by atoms with Crippen LogP contribution >= 0.6 is 11.6 Å². The highest BCUT2D eigenvalue weighted by Gasteiger charge is 2.15. The molecule has 2 rings (SSSR count). The average Bonchev–Trinajstić information content (AvgIpc) is 2.41. The van der Waals surface area contributed by atoms with E-state index < -0.39 is 0 Å². The van der Waals surface area contributed by atoms with E-state index in [1.54, 1.807) is 36.4 Å². The van der Waals surface area contributed by atoms with Gasteiger partial charge in [-0.05, 0) is 42.3 Å². The van der Waals surface area contributed by atoms with Crippen LogP contribution in [0.15, 0.2) is 42.5 Å². The summed E-state index contributed by atoms with van der Waals surface area (Å²) in [6.45, 7) is 2.03. The lowest BCUT2D eigenvalue weighted by Gasteiger charge is -2.08. The van der Waals surface area contributed by atoms with Crippen molar-refractivity contribution in [3.05, 3.63) is 64.2 Å². The van der Waals surface area contributed by atoms with Crippen LogP contribution in [-0.2, 0) is 6.42 Å². The summed E-state index contributed by atoms with van der Waals surface area (Å²) in [6, 6.07) is 12.0. The average molecular weight is 275 g/mol. The predicted octanol–water partition coefficient (Wildman–Crippen LogP) is 4.23. The van der Waals surface area contributed by atoms with E-state index >= 15 is 0 Å². The minimum atomic E-state index is -0.188. The molecule has 2 aromatic rings. The number of ketones is 1. The number of phenols is 1. The SMILES string of the molecule is CCCc1cccc(C(=O)c2ccc(Cl)cc2)c1O. The number of para-hydroxylation sites is 1. The molecule has 2 aromatic carbocycles. The third kappa shape index (κ3) is 2.96. The predicted molar refractivity (Wildman–Crippen MR) is 77.0 cm³/mol. The van der Waals surface area contributed by atoms with Gasteiger partial charge in [-0.25, -0.2) is 0 Å². The molecule has 0 amide bonds. The number of aryl methyl sites for hydroxylation is 1. The molecule has 0 saturated heterocycles. The van der Waals surface area contributed by atoms with Crippen LogP contribution in [0.5, 0.6) is 5.75 Å². The van der Waals surface area contributed by atoms with Gasteiger partial charge in [0.2, 0.25) is 0 Å². The zero-order chi connectivity index (χ0) is 13.8. The molecule has 0 atom stereocenters. The molecule has 1 N–H and O–H groups in total. The number of carbonyl (C=O) groups excluding carboxylic acids is 1. The van der Waals surface area contributed by atoms with Gasteiger partial charge in [0, 0.05) is 10.6 Å². The maximum Gasteiger partial charge on any atom is 0.196 e. The molecule has 0 radical (unpaired) electrons. The molecule has 0 saturated carbocycles. The number of halogens is 1. The van der Waals surface area contributed by atoms with Gasteiger partial charge in [0.25, 0.3) is 0 Å². The van der Waals surface area contributed by atoms with Gasteiger partial charge in [-0.1, -0.05) is 37.1 Å². The van der Waals surface area contributed by atoms with E-state index in [-0.39, 0.29) is 11.5 Å². The van der Waals surface area contributed by atoms with E-state index in [0.717, 1.165) is 18.4 Å². The van der Waals surface area contributed by atoms with E-state index in [2.05, 4.69) is 0 Å². The Bertz CT molecular complexity index is 588. The minimum Gasteiger partial charge on any atom is -0.507 e. The van der Waals surface area contributed by atoms with E-state index in [9.17, 15) is 9.90 Å². The van der Waals surface area contributed by atoms with Crippen molar-refractivity contribution in [2.45, 2.75) is 19.8 Å². The molecule has 3 heteroatoms. The van der Waals surface area contributed by atoms with Gasteiger partial charge in [-0.15, -0.1) is 0 Å². The number of hydrogen-bond donors (Lipinski definition) is 1. The Morgan fingerprint density at radius 1 is 1.16 bits per heavy atom. The standard InChI is InChI=1S/C16H15ClO2/c1-2-4-11-5-3-6-14(15(11)18)16(19)12-7-9-13(17)10-8-12/h3,5-10,18H,2,4H2,1H3. The molecule has 0 aliphatic carbocycles. The zero-order valence-electron chi connectivity index (χ0n) is 10.7. The van der Waals surface area contributed by atoms with Gasteiger partial charge in [0.05, 0.1) is 5.56 Å². The summed E-state index contributed by atoms with van der Waals surface area (Å²) in [5.41, 5.74) is 1.67. The first kappa shape index (κ1) is 13.6. The summed E-state index contributed by atoms with van der Waals surface area (Å²) < 4.78 is 0. The number of benzene rings is 2. The molecule has 0 aromatic heterocycles. The van der Waals surface area contributed by atoms with Crippen LogP contribution in [0.4, 0.5) is 0 Å². The lowest BCUT2D eigenvalue weighted by Crippen LogP contribution is -2.02. The quantitative estimate of drug-likeness (QED) is 0.847. The van der Waals surface area contributed by atoms with Crippen LogP contribution in [0.25, 0.3) is 0 Å². The minimum absolute atomic E-state index is 0.0873. The van der Waals surface area contributed by atoms with Crippen molar-refractivity contribution in [1.29, 1.82) is 0 Å². The van der Waals surface area contributed by atoms with Crippen molar-refractivity contribution in [3.63, 3.8) is 0 Å². The second kappa shape index (κ2) is 5.89. The molecular formula is C16H15ClO2. The summed E-state index contributed by atoms with van der Waals surface area (Å²) >= 11 is 5.80. The van der Waals surface area contributed by atoms with Crippen molar-refractivity contribution in [2.75, 3.05) is 0 Å². The Morgan fingerprint density at radius 3 is 2.47 bits per heavy atom. The van der Waals surface area contributed by atoms with Crippen LogP contribution in [0, 0.1) is 0 Å².